The number of ether oxygens (including phenoxy) is 1. The molecule has 152 valence electrons. The number of hydrazone groups is 1. The third-order valence-electron chi connectivity index (χ3n) is 3.89. The molecule has 3 aromatic carbocycles. The van der Waals surface area contributed by atoms with Crippen LogP contribution in [0.25, 0.3) is 0 Å². The van der Waals surface area contributed by atoms with E-state index in [1.807, 2.05) is 18.2 Å². The molecule has 30 heavy (non-hydrogen) atoms. The maximum absolute atomic E-state index is 12.1. The van der Waals surface area contributed by atoms with Crippen LogP contribution in [0.1, 0.15) is 15.9 Å². The van der Waals surface area contributed by atoms with E-state index in [1.165, 1.54) is 18.3 Å². The number of anilines is 2. The number of amides is 1. The number of hydrogen-bond acceptors (Lipinski definition) is 5. The summed E-state index contributed by atoms with van der Waals surface area (Å²) in [5, 5.41) is 16.0. The van der Waals surface area contributed by atoms with Crippen LogP contribution in [0.5, 0.6) is 5.75 Å². The molecule has 0 spiro atoms. The lowest BCUT2D eigenvalue weighted by Crippen LogP contribution is -2.20. The first-order valence-corrected chi connectivity index (χ1v) is 9.70. The van der Waals surface area contributed by atoms with Gasteiger partial charge in [-0.15, -0.1) is 0 Å². The molecule has 0 aliphatic rings. The molecule has 0 heterocycles. The van der Waals surface area contributed by atoms with Gasteiger partial charge in [0.05, 0.1) is 17.5 Å². The van der Waals surface area contributed by atoms with Gasteiger partial charge in [-0.2, -0.15) is 5.10 Å². The van der Waals surface area contributed by atoms with Gasteiger partial charge in [0.15, 0.2) is 6.61 Å². The third-order valence-corrected chi connectivity index (χ3v) is 4.39. The SMILES string of the molecule is O=C(COc1ccc(Br)cc1/C=N\Nc1cccc(C(=O)O)c1)Nc1ccccc1. The number of hydrogen-bond donors (Lipinski definition) is 3. The molecule has 0 aliphatic heterocycles. The van der Waals surface area contributed by atoms with Crippen LogP contribution in [0.15, 0.2) is 82.4 Å². The number of carboxylic acid groups (broad SMARTS) is 1. The molecule has 0 aliphatic carbocycles. The minimum Gasteiger partial charge on any atom is -0.483 e. The zero-order valence-electron chi connectivity index (χ0n) is 15.7. The van der Waals surface area contributed by atoms with Gasteiger partial charge in [0.2, 0.25) is 0 Å². The van der Waals surface area contributed by atoms with Gasteiger partial charge in [-0.1, -0.05) is 40.2 Å². The van der Waals surface area contributed by atoms with E-state index in [0.717, 1.165) is 4.47 Å². The Bertz CT molecular complexity index is 1070. The van der Waals surface area contributed by atoms with Crippen molar-refractivity contribution in [1.29, 1.82) is 0 Å². The van der Waals surface area contributed by atoms with Crippen molar-refractivity contribution in [3.8, 4) is 5.75 Å². The standard InChI is InChI=1S/C22H18BrN3O4/c23-17-9-10-20(30-14-21(27)25-18-6-2-1-3-7-18)16(11-17)13-24-26-19-8-4-5-15(12-19)22(28)29/h1-13,26H,14H2,(H,25,27)(H,28,29)/b24-13-. The Morgan fingerprint density at radius 3 is 2.53 bits per heavy atom. The Morgan fingerprint density at radius 1 is 1.00 bits per heavy atom. The molecule has 0 fully saturated rings. The number of nitrogens with zero attached hydrogens (tertiary/aromatic N) is 1. The molecule has 3 rings (SSSR count). The van der Waals surface area contributed by atoms with Crippen LogP contribution in [-0.2, 0) is 4.79 Å². The highest BCUT2D eigenvalue weighted by Crippen LogP contribution is 2.22. The second kappa shape index (κ2) is 10.2. The zero-order chi connectivity index (χ0) is 21.3. The lowest BCUT2D eigenvalue weighted by Gasteiger charge is -2.10. The molecule has 7 nitrogen and oxygen atoms in total. The number of carbonyl (C=O) groups excluding carboxylic acids is 1. The summed E-state index contributed by atoms with van der Waals surface area (Å²) in [5.74, 6) is -0.819. The van der Waals surface area contributed by atoms with Gasteiger partial charge in [0, 0.05) is 15.7 Å². The summed E-state index contributed by atoms with van der Waals surface area (Å²) < 4.78 is 6.47. The van der Waals surface area contributed by atoms with Crippen molar-refractivity contribution in [3.05, 3.63) is 88.4 Å². The highest BCUT2D eigenvalue weighted by atomic mass is 79.9. The molecule has 1 amide bonds. The predicted molar refractivity (Wildman–Crippen MR) is 119 cm³/mol. The third kappa shape index (κ3) is 6.18. The van der Waals surface area contributed by atoms with E-state index in [1.54, 1.807) is 42.5 Å². The monoisotopic (exact) mass is 467 g/mol. The van der Waals surface area contributed by atoms with Crippen molar-refractivity contribution in [2.24, 2.45) is 5.10 Å². The number of halogens is 1. The fourth-order valence-electron chi connectivity index (χ4n) is 2.51. The first kappa shape index (κ1) is 21.1. The second-order valence-electron chi connectivity index (χ2n) is 6.14. The summed E-state index contributed by atoms with van der Waals surface area (Å²) in [4.78, 5) is 23.2. The lowest BCUT2D eigenvalue weighted by atomic mass is 10.2. The summed E-state index contributed by atoms with van der Waals surface area (Å²) in [7, 11) is 0. The first-order chi connectivity index (χ1) is 14.5. The Morgan fingerprint density at radius 2 is 1.77 bits per heavy atom. The smallest absolute Gasteiger partial charge is 0.335 e. The van der Waals surface area contributed by atoms with Crippen molar-refractivity contribution in [2.45, 2.75) is 0 Å². The number of benzene rings is 3. The highest BCUT2D eigenvalue weighted by molar-refractivity contribution is 9.10. The average molecular weight is 468 g/mol. The van der Waals surface area contributed by atoms with E-state index < -0.39 is 5.97 Å². The second-order valence-corrected chi connectivity index (χ2v) is 7.06. The van der Waals surface area contributed by atoms with Crippen molar-refractivity contribution < 1.29 is 19.4 Å². The Labute approximate surface area is 181 Å². The minimum absolute atomic E-state index is 0.158. The van der Waals surface area contributed by atoms with Crippen LogP contribution in [0.3, 0.4) is 0 Å². The van der Waals surface area contributed by atoms with Crippen LogP contribution in [-0.4, -0.2) is 29.8 Å². The predicted octanol–water partition coefficient (Wildman–Crippen LogP) is 4.61. The largest absolute Gasteiger partial charge is 0.483 e. The van der Waals surface area contributed by atoms with Crippen molar-refractivity contribution in [2.75, 3.05) is 17.3 Å². The fourth-order valence-corrected chi connectivity index (χ4v) is 2.89. The van der Waals surface area contributed by atoms with Gasteiger partial charge in [0.25, 0.3) is 5.91 Å². The number of para-hydroxylation sites is 1. The molecule has 0 radical (unpaired) electrons. The Balaban J connectivity index is 1.64. The number of rotatable bonds is 8. The molecule has 0 aromatic heterocycles. The van der Waals surface area contributed by atoms with Gasteiger partial charge in [-0.05, 0) is 48.5 Å². The molecule has 0 unspecified atom stereocenters. The van der Waals surface area contributed by atoms with Crippen LogP contribution >= 0.6 is 15.9 Å². The summed E-state index contributed by atoms with van der Waals surface area (Å²) >= 11 is 3.40. The van der Waals surface area contributed by atoms with Gasteiger partial charge in [-0.3, -0.25) is 10.2 Å². The Kier molecular flexibility index (Phi) is 7.18. The molecular formula is C22H18BrN3O4. The van der Waals surface area contributed by atoms with Gasteiger partial charge in [0.1, 0.15) is 5.75 Å². The molecule has 0 atom stereocenters. The van der Waals surface area contributed by atoms with Crippen LogP contribution in [0.2, 0.25) is 0 Å². The van der Waals surface area contributed by atoms with Gasteiger partial charge >= 0.3 is 5.97 Å². The van der Waals surface area contributed by atoms with Crippen molar-refractivity contribution in [1.82, 2.24) is 0 Å². The van der Waals surface area contributed by atoms with E-state index in [4.69, 9.17) is 9.84 Å². The first-order valence-electron chi connectivity index (χ1n) is 8.91. The lowest BCUT2D eigenvalue weighted by molar-refractivity contribution is -0.118. The topological polar surface area (TPSA) is 100 Å². The highest BCUT2D eigenvalue weighted by Gasteiger charge is 2.08. The number of aromatic carboxylic acids is 1. The van der Waals surface area contributed by atoms with E-state index in [-0.39, 0.29) is 18.1 Å². The molecular weight excluding hydrogens is 450 g/mol. The normalized spacial score (nSPS) is 10.6. The summed E-state index contributed by atoms with van der Waals surface area (Å²) in [6.45, 7) is -0.161. The van der Waals surface area contributed by atoms with Crippen LogP contribution in [0.4, 0.5) is 11.4 Å². The summed E-state index contributed by atoms with van der Waals surface area (Å²) in [6, 6.07) is 20.7. The molecule has 3 N–H and O–H groups in total. The number of carbonyl (C=O) groups is 2. The van der Waals surface area contributed by atoms with E-state index in [2.05, 4.69) is 31.8 Å². The minimum atomic E-state index is -1.01. The van der Waals surface area contributed by atoms with E-state index in [0.29, 0.717) is 22.7 Å². The zero-order valence-corrected chi connectivity index (χ0v) is 17.3. The van der Waals surface area contributed by atoms with Crippen molar-refractivity contribution >= 4 is 45.4 Å². The van der Waals surface area contributed by atoms with Crippen molar-refractivity contribution in [3.63, 3.8) is 0 Å². The molecule has 8 heteroatoms. The molecule has 0 saturated carbocycles. The van der Waals surface area contributed by atoms with E-state index in [9.17, 15) is 9.59 Å². The summed E-state index contributed by atoms with van der Waals surface area (Å²) in [5.41, 5.74) is 4.81. The number of carboxylic acids is 1. The maximum atomic E-state index is 12.1. The number of nitrogens with one attached hydrogen (secondary N) is 2. The Hall–Kier alpha value is -3.65. The quantitative estimate of drug-likeness (QED) is 0.331. The average Bonchev–Trinajstić information content (AvgIpc) is 2.74. The molecule has 0 bridgehead atoms. The molecule has 3 aromatic rings. The fraction of sp³-hybridized carbons (Fsp3) is 0.0455. The maximum Gasteiger partial charge on any atom is 0.335 e. The van der Waals surface area contributed by atoms with Crippen LogP contribution < -0.4 is 15.5 Å². The van der Waals surface area contributed by atoms with E-state index >= 15 is 0 Å². The molecule has 0 saturated heterocycles. The van der Waals surface area contributed by atoms with Crippen LogP contribution in [0, 0.1) is 0 Å². The van der Waals surface area contributed by atoms with Gasteiger partial charge in [-0.25, -0.2) is 4.79 Å². The summed E-state index contributed by atoms with van der Waals surface area (Å²) in [6.07, 6.45) is 1.53. The van der Waals surface area contributed by atoms with Gasteiger partial charge < -0.3 is 15.2 Å².